The number of rotatable bonds is 3. The number of nitrogens with zero attached hydrogens (tertiary/aromatic N) is 2. The van der Waals surface area contributed by atoms with Crippen molar-refractivity contribution < 1.29 is 4.74 Å². The van der Waals surface area contributed by atoms with Gasteiger partial charge >= 0.3 is 0 Å². The largest absolute Gasteiger partial charge is 0.496 e. The van der Waals surface area contributed by atoms with Gasteiger partial charge in [-0.1, -0.05) is 0 Å². The molecule has 0 aliphatic carbocycles. The maximum atomic E-state index is 5.66. The Morgan fingerprint density at radius 2 is 2.47 bits per heavy atom. The van der Waals surface area contributed by atoms with Crippen LogP contribution < -0.4 is 5.32 Å². The first-order valence-electron chi connectivity index (χ1n) is 5.30. The molecule has 1 aliphatic heterocycles. The third kappa shape index (κ3) is 2.21. The van der Waals surface area contributed by atoms with Crippen LogP contribution in [0.5, 0.6) is 0 Å². The molecule has 0 aromatic carbocycles. The van der Waals surface area contributed by atoms with Gasteiger partial charge in [0, 0.05) is 18.8 Å². The van der Waals surface area contributed by atoms with E-state index in [1.165, 1.54) is 0 Å². The molecule has 0 saturated carbocycles. The van der Waals surface area contributed by atoms with Gasteiger partial charge in [-0.25, -0.2) is 0 Å². The quantitative estimate of drug-likeness (QED) is 0.813. The summed E-state index contributed by atoms with van der Waals surface area (Å²) in [5.41, 5.74) is 1.15. The Labute approximate surface area is 89.9 Å². The van der Waals surface area contributed by atoms with Crippen molar-refractivity contribution in [3.05, 3.63) is 29.8 Å². The minimum absolute atomic E-state index is 0.138. The fraction of sp³-hybridized carbons (Fsp3) is 0.545. The van der Waals surface area contributed by atoms with Crippen LogP contribution >= 0.6 is 0 Å². The third-order valence-electron chi connectivity index (χ3n) is 2.59. The van der Waals surface area contributed by atoms with Crippen LogP contribution in [-0.4, -0.2) is 23.4 Å². The third-order valence-corrected chi connectivity index (χ3v) is 2.59. The highest BCUT2D eigenvalue weighted by molar-refractivity contribution is 5.21. The summed E-state index contributed by atoms with van der Waals surface area (Å²) in [7, 11) is 3.86. The summed E-state index contributed by atoms with van der Waals surface area (Å²) < 4.78 is 7.46. The Bertz CT molecular complexity index is 356. The zero-order valence-corrected chi connectivity index (χ0v) is 9.23. The molecule has 0 radical (unpaired) electrons. The van der Waals surface area contributed by atoms with E-state index in [0.29, 0.717) is 0 Å². The number of nitrogens with one attached hydrogen (secondary N) is 1. The van der Waals surface area contributed by atoms with E-state index >= 15 is 0 Å². The molecule has 0 bridgehead atoms. The molecule has 1 N–H and O–H groups in total. The second-order valence-corrected chi connectivity index (χ2v) is 3.77. The molecule has 1 aromatic heterocycles. The van der Waals surface area contributed by atoms with Crippen LogP contribution in [0.2, 0.25) is 0 Å². The predicted molar refractivity (Wildman–Crippen MR) is 58.3 cm³/mol. The molecular weight excluding hydrogens is 190 g/mol. The molecular formula is C11H17N3O. The zero-order valence-electron chi connectivity index (χ0n) is 9.23. The minimum Gasteiger partial charge on any atom is -0.496 e. The molecule has 2 heterocycles. The van der Waals surface area contributed by atoms with Crippen LogP contribution in [0.4, 0.5) is 0 Å². The number of hydrogen-bond acceptors (Lipinski definition) is 3. The number of allylic oxidation sites excluding steroid dienone is 1. The molecule has 4 heteroatoms. The second-order valence-electron chi connectivity index (χ2n) is 3.77. The van der Waals surface area contributed by atoms with Crippen molar-refractivity contribution in [3.63, 3.8) is 0 Å². The summed E-state index contributed by atoms with van der Waals surface area (Å²) in [6, 6.07) is 0.138. The lowest BCUT2D eigenvalue weighted by Crippen LogP contribution is -2.21. The Morgan fingerprint density at radius 3 is 3.00 bits per heavy atom. The van der Waals surface area contributed by atoms with Gasteiger partial charge in [0.2, 0.25) is 0 Å². The second kappa shape index (κ2) is 4.49. The maximum Gasteiger partial charge on any atom is 0.114 e. The monoisotopic (exact) mass is 207 g/mol. The lowest BCUT2D eigenvalue weighted by molar-refractivity contribution is 0.169. The Morgan fingerprint density at radius 1 is 1.60 bits per heavy atom. The number of hydrogen-bond donors (Lipinski definition) is 1. The van der Waals surface area contributed by atoms with E-state index in [4.69, 9.17) is 4.74 Å². The van der Waals surface area contributed by atoms with Crippen LogP contribution in [0.25, 0.3) is 0 Å². The van der Waals surface area contributed by atoms with Gasteiger partial charge in [-0.2, -0.15) is 5.10 Å². The highest BCUT2D eigenvalue weighted by Crippen LogP contribution is 2.25. The van der Waals surface area contributed by atoms with Gasteiger partial charge in [-0.3, -0.25) is 4.68 Å². The van der Waals surface area contributed by atoms with Gasteiger partial charge in [0.1, 0.15) is 5.76 Å². The molecule has 0 spiro atoms. The van der Waals surface area contributed by atoms with E-state index in [2.05, 4.69) is 16.5 Å². The Hall–Kier alpha value is -1.29. The van der Waals surface area contributed by atoms with Crippen molar-refractivity contribution in [2.24, 2.45) is 7.05 Å². The van der Waals surface area contributed by atoms with Gasteiger partial charge in [0.05, 0.1) is 18.8 Å². The fourth-order valence-electron chi connectivity index (χ4n) is 1.84. The van der Waals surface area contributed by atoms with Gasteiger partial charge in [-0.15, -0.1) is 0 Å². The van der Waals surface area contributed by atoms with Crippen LogP contribution in [0.15, 0.2) is 24.2 Å². The average Bonchev–Trinajstić information content (AvgIpc) is 2.68. The minimum atomic E-state index is 0.138. The topological polar surface area (TPSA) is 39.1 Å². The first-order chi connectivity index (χ1) is 7.31. The molecule has 4 nitrogen and oxygen atoms in total. The summed E-state index contributed by atoms with van der Waals surface area (Å²) in [5.74, 6) is 1.02. The highest BCUT2D eigenvalue weighted by Gasteiger charge is 2.19. The van der Waals surface area contributed by atoms with Crippen molar-refractivity contribution in [3.8, 4) is 0 Å². The van der Waals surface area contributed by atoms with Crippen LogP contribution in [0, 0.1) is 0 Å². The lowest BCUT2D eigenvalue weighted by atomic mass is 10.1. The first-order valence-corrected chi connectivity index (χ1v) is 5.30. The van der Waals surface area contributed by atoms with Crippen molar-refractivity contribution in [2.45, 2.75) is 18.9 Å². The lowest BCUT2D eigenvalue weighted by Gasteiger charge is -2.22. The molecule has 0 amide bonds. The summed E-state index contributed by atoms with van der Waals surface area (Å²) in [6.45, 7) is 0.824. The number of aromatic nitrogens is 2. The molecule has 2 rings (SSSR count). The van der Waals surface area contributed by atoms with Crippen molar-refractivity contribution in [1.29, 1.82) is 0 Å². The van der Waals surface area contributed by atoms with Crippen molar-refractivity contribution >= 4 is 0 Å². The molecule has 0 fully saturated rings. The van der Waals surface area contributed by atoms with E-state index in [-0.39, 0.29) is 6.04 Å². The summed E-state index contributed by atoms with van der Waals surface area (Å²) >= 11 is 0. The van der Waals surface area contributed by atoms with E-state index in [0.717, 1.165) is 30.8 Å². The van der Waals surface area contributed by atoms with E-state index in [9.17, 15) is 0 Å². The van der Waals surface area contributed by atoms with Crippen LogP contribution in [0.3, 0.4) is 0 Å². The maximum absolute atomic E-state index is 5.66. The fourth-order valence-corrected chi connectivity index (χ4v) is 1.84. The van der Waals surface area contributed by atoms with Crippen LogP contribution in [-0.2, 0) is 11.8 Å². The smallest absolute Gasteiger partial charge is 0.114 e. The van der Waals surface area contributed by atoms with Crippen LogP contribution in [0.1, 0.15) is 24.4 Å². The summed E-state index contributed by atoms with van der Waals surface area (Å²) in [4.78, 5) is 0. The standard InChI is InChI=1S/C11H17N3O/c1-12-11(9-7-13-14(2)8-9)10-5-3-4-6-15-10/h5,7-8,11-12H,3-4,6H2,1-2H3. The first kappa shape index (κ1) is 10.2. The average molecular weight is 207 g/mol. The zero-order chi connectivity index (χ0) is 10.7. The van der Waals surface area contributed by atoms with Gasteiger partial charge < -0.3 is 10.1 Å². The van der Waals surface area contributed by atoms with E-state index in [1.54, 1.807) is 0 Å². The number of likely N-dealkylation sites (N-methyl/N-ethyl adjacent to an activating group) is 1. The molecule has 0 saturated heterocycles. The Balaban J connectivity index is 2.19. The summed E-state index contributed by atoms with van der Waals surface area (Å²) in [6.07, 6.45) is 8.28. The van der Waals surface area contributed by atoms with Gasteiger partial charge in [0.15, 0.2) is 0 Å². The normalized spacial score (nSPS) is 18.1. The molecule has 1 atom stereocenters. The van der Waals surface area contributed by atoms with E-state index in [1.807, 2.05) is 31.2 Å². The van der Waals surface area contributed by atoms with Gasteiger partial charge in [-0.05, 0) is 26.0 Å². The number of aryl methyl sites for hydroxylation is 1. The molecule has 1 aliphatic rings. The molecule has 82 valence electrons. The highest BCUT2D eigenvalue weighted by atomic mass is 16.5. The molecule has 1 aromatic rings. The summed E-state index contributed by atoms with van der Waals surface area (Å²) in [5, 5.41) is 7.43. The van der Waals surface area contributed by atoms with Crippen molar-refractivity contribution in [2.75, 3.05) is 13.7 Å². The Kier molecular flexibility index (Phi) is 3.06. The van der Waals surface area contributed by atoms with E-state index < -0.39 is 0 Å². The molecule has 1 unspecified atom stereocenters. The molecule has 15 heavy (non-hydrogen) atoms. The predicted octanol–water partition coefficient (Wildman–Crippen LogP) is 1.37. The SMILES string of the molecule is CNC(C1=CCCCO1)c1cnn(C)c1. The number of ether oxygens (including phenoxy) is 1. The van der Waals surface area contributed by atoms with Gasteiger partial charge in [0.25, 0.3) is 0 Å². The van der Waals surface area contributed by atoms with Crippen molar-refractivity contribution in [1.82, 2.24) is 15.1 Å².